The number of aliphatic imine (C=N–C) groups is 1. The molecule has 0 radical (unpaired) electrons. The lowest BCUT2D eigenvalue weighted by molar-refractivity contribution is 0.119. The van der Waals surface area contributed by atoms with Crippen LogP contribution in [0, 0.1) is 5.82 Å². The molecule has 2 N–H and O–H groups in total. The molecule has 3 rings (SSSR count). The summed E-state index contributed by atoms with van der Waals surface area (Å²) in [5, 5.41) is 6.66. The summed E-state index contributed by atoms with van der Waals surface area (Å²) in [6.45, 7) is 7.46. The molecule has 0 amide bonds. The van der Waals surface area contributed by atoms with Crippen molar-refractivity contribution in [1.82, 2.24) is 20.4 Å². The van der Waals surface area contributed by atoms with Gasteiger partial charge in [-0.15, -0.1) is 24.0 Å². The highest BCUT2D eigenvalue weighted by molar-refractivity contribution is 14.0. The molecule has 32 heavy (non-hydrogen) atoms. The molecule has 1 fully saturated rings. The molecular weight excluding hydrogens is 520 g/mol. The highest BCUT2D eigenvalue weighted by atomic mass is 127. The minimum Gasteiger partial charge on any atom is -0.454 e. The number of hydrogen-bond acceptors (Lipinski definition) is 4. The van der Waals surface area contributed by atoms with Gasteiger partial charge in [-0.05, 0) is 57.3 Å². The van der Waals surface area contributed by atoms with Crippen LogP contribution >= 0.6 is 24.0 Å². The van der Waals surface area contributed by atoms with Crippen LogP contribution < -0.4 is 15.4 Å². The summed E-state index contributed by atoms with van der Waals surface area (Å²) < 4.78 is 20.1. The predicted octanol–water partition coefficient (Wildman–Crippen LogP) is 3.58. The molecule has 0 saturated carbocycles. The van der Waals surface area contributed by atoms with Crippen molar-refractivity contribution in [2.75, 3.05) is 53.4 Å². The normalized spacial score (nSPS) is 17.5. The number of piperazine rings is 1. The Hall–Kier alpha value is -1.91. The predicted molar refractivity (Wildman–Crippen MR) is 140 cm³/mol. The second kappa shape index (κ2) is 13.6. The lowest BCUT2D eigenvalue weighted by atomic mass is 10.1. The first-order valence-corrected chi connectivity index (χ1v) is 11.0. The maximum atomic E-state index is 14.4. The average Bonchev–Trinajstić information content (AvgIpc) is 2.77. The van der Waals surface area contributed by atoms with Crippen molar-refractivity contribution < 1.29 is 9.13 Å². The van der Waals surface area contributed by atoms with E-state index in [1.54, 1.807) is 6.07 Å². The number of halogens is 2. The third kappa shape index (κ3) is 8.22. The van der Waals surface area contributed by atoms with Crippen LogP contribution in [-0.2, 0) is 6.42 Å². The summed E-state index contributed by atoms with van der Waals surface area (Å²) in [7, 11) is 4.32. The fourth-order valence-electron chi connectivity index (χ4n) is 3.56. The molecule has 8 heteroatoms. The Morgan fingerprint density at radius 2 is 1.91 bits per heavy atom. The Morgan fingerprint density at radius 3 is 2.62 bits per heavy atom. The number of nitrogens with zero attached hydrogens (tertiary/aromatic N) is 3. The first kappa shape index (κ1) is 26.3. The molecule has 1 unspecified atom stereocenters. The van der Waals surface area contributed by atoms with E-state index in [0.717, 1.165) is 44.2 Å². The molecule has 0 aliphatic carbocycles. The van der Waals surface area contributed by atoms with E-state index < -0.39 is 0 Å². The van der Waals surface area contributed by atoms with Crippen LogP contribution in [-0.4, -0.2) is 75.2 Å². The third-order valence-corrected chi connectivity index (χ3v) is 5.46. The molecule has 6 nitrogen and oxygen atoms in total. The molecule has 1 heterocycles. The molecule has 2 aromatic rings. The first-order valence-electron chi connectivity index (χ1n) is 11.0. The summed E-state index contributed by atoms with van der Waals surface area (Å²) in [6.07, 6.45) is 0.693. The molecule has 2 aromatic carbocycles. The summed E-state index contributed by atoms with van der Waals surface area (Å²) in [5.41, 5.74) is 0.912. The Labute approximate surface area is 208 Å². The van der Waals surface area contributed by atoms with Gasteiger partial charge in [-0.25, -0.2) is 4.39 Å². The number of hydrogen-bond donors (Lipinski definition) is 2. The lowest BCUT2D eigenvalue weighted by Gasteiger charge is -2.36. The van der Waals surface area contributed by atoms with Gasteiger partial charge in [0.05, 0.1) is 6.54 Å². The summed E-state index contributed by atoms with van der Waals surface area (Å²) in [6, 6.07) is 14.8. The van der Waals surface area contributed by atoms with E-state index in [1.807, 2.05) is 36.4 Å². The number of benzene rings is 2. The van der Waals surface area contributed by atoms with E-state index >= 15 is 0 Å². The topological polar surface area (TPSA) is 52.1 Å². The van der Waals surface area contributed by atoms with Crippen molar-refractivity contribution in [1.29, 1.82) is 0 Å². The first-order chi connectivity index (χ1) is 15.0. The van der Waals surface area contributed by atoms with Crippen molar-refractivity contribution in [3.05, 3.63) is 59.9 Å². The van der Waals surface area contributed by atoms with Gasteiger partial charge >= 0.3 is 0 Å². The number of nitrogens with one attached hydrogen (secondary N) is 2. The van der Waals surface area contributed by atoms with E-state index in [9.17, 15) is 4.39 Å². The molecule has 1 aliphatic rings. The van der Waals surface area contributed by atoms with Gasteiger partial charge in [-0.2, -0.15) is 0 Å². The SMILES string of the molecule is CCNC(=NCC1CN(C)CCN1C)NCCc1ccc(Oc2ccccc2)c(F)c1.I. The largest absolute Gasteiger partial charge is 0.454 e. The van der Waals surface area contributed by atoms with Crippen LogP contribution in [0.5, 0.6) is 11.5 Å². The second-order valence-corrected chi connectivity index (χ2v) is 7.97. The van der Waals surface area contributed by atoms with E-state index in [4.69, 9.17) is 9.73 Å². The highest BCUT2D eigenvalue weighted by Crippen LogP contribution is 2.25. The third-order valence-electron chi connectivity index (χ3n) is 5.46. The minimum atomic E-state index is -0.355. The fourth-order valence-corrected chi connectivity index (χ4v) is 3.56. The Kier molecular flexibility index (Phi) is 11.2. The quantitative estimate of drug-likeness (QED) is 0.297. The maximum Gasteiger partial charge on any atom is 0.191 e. The van der Waals surface area contributed by atoms with Crippen LogP contribution in [0.4, 0.5) is 4.39 Å². The van der Waals surface area contributed by atoms with Crippen LogP contribution in [0.15, 0.2) is 53.5 Å². The molecule has 0 spiro atoms. The number of likely N-dealkylation sites (N-methyl/N-ethyl adjacent to an activating group) is 2. The van der Waals surface area contributed by atoms with Crippen LogP contribution in [0.2, 0.25) is 0 Å². The Morgan fingerprint density at radius 1 is 1.12 bits per heavy atom. The van der Waals surface area contributed by atoms with Crippen molar-refractivity contribution >= 4 is 29.9 Å². The maximum absolute atomic E-state index is 14.4. The molecular formula is C24H35FIN5O. The van der Waals surface area contributed by atoms with Crippen LogP contribution in [0.1, 0.15) is 12.5 Å². The molecule has 0 aromatic heterocycles. The van der Waals surface area contributed by atoms with Crippen LogP contribution in [0.25, 0.3) is 0 Å². The van der Waals surface area contributed by atoms with Gasteiger partial charge in [-0.3, -0.25) is 9.89 Å². The van der Waals surface area contributed by atoms with Crippen molar-refractivity contribution in [2.24, 2.45) is 4.99 Å². The van der Waals surface area contributed by atoms with Crippen LogP contribution in [0.3, 0.4) is 0 Å². The molecule has 176 valence electrons. The number of ether oxygens (including phenoxy) is 1. The minimum absolute atomic E-state index is 0. The smallest absolute Gasteiger partial charge is 0.191 e. The summed E-state index contributed by atoms with van der Waals surface area (Å²) >= 11 is 0. The molecule has 0 bridgehead atoms. The Bertz CT molecular complexity index is 852. The van der Waals surface area contributed by atoms with E-state index in [1.165, 1.54) is 6.07 Å². The van der Waals surface area contributed by atoms with Crippen molar-refractivity contribution in [2.45, 2.75) is 19.4 Å². The fraction of sp³-hybridized carbons (Fsp3) is 0.458. The zero-order valence-electron chi connectivity index (χ0n) is 19.2. The zero-order valence-corrected chi connectivity index (χ0v) is 21.5. The van der Waals surface area contributed by atoms with E-state index in [0.29, 0.717) is 24.8 Å². The summed E-state index contributed by atoms with van der Waals surface area (Å²) in [5.74, 6) is 1.30. The van der Waals surface area contributed by atoms with Gasteiger partial charge in [0.25, 0.3) is 0 Å². The monoisotopic (exact) mass is 555 g/mol. The van der Waals surface area contributed by atoms with E-state index in [2.05, 4.69) is 41.5 Å². The second-order valence-electron chi connectivity index (χ2n) is 7.97. The van der Waals surface area contributed by atoms with Gasteiger partial charge in [0.2, 0.25) is 0 Å². The van der Waals surface area contributed by atoms with Gasteiger partial charge in [-0.1, -0.05) is 24.3 Å². The molecule has 1 atom stereocenters. The number of guanidine groups is 1. The van der Waals surface area contributed by atoms with E-state index in [-0.39, 0.29) is 35.5 Å². The number of rotatable bonds is 8. The lowest BCUT2D eigenvalue weighted by Crippen LogP contribution is -2.51. The van der Waals surface area contributed by atoms with Gasteiger partial charge in [0, 0.05) is 38.8 Å². The van der Waals surface area contributed by atoms with Gasteiger partial charge in [0.15, 0.2) is 17.5 Å². The van der Waals surface area contributed by atoms with Gasteiger partial charge in [0.1, 0.15) is 5.75 Å². The highest BCUT2D eigenvalue weighted by Gasteiger charge is 2.21. The number of para-hydroxylation sites is 1. The summed E-state index contributed by atoms with van der Waals surface area (Å²) in [4.78, 5) is 9.48. The van der Waals surface area contributed by atoms with Crippen molar-refractivity contribution in [3.8, 4) is 11.5 Å². The van der Waals surface area contributed by atoms with Crippen molar-refractivity contribution in [3.63, 3.8) is 0 Å². The zero-order chi connectivity index (χ0) is 22.1. The Balaban J connectivity index is 0.00000363. The average molecular weight is 555 g/mol. The molecule has 1 aliphatic heterocycles. The van der Waals surface area contributed by atoms with Gasteiger partial charge < -0.3 is 20.3 Å². The molecule has 1 saturated heterocycles. The standard InChI is InChI=1S/C24H34FN5O.HI/c1-4-26-24(28-17-20-18-29(2)14-15-30(20)3)27-13-12-19-10-11-23(22(25)16-19)31-21-8-6-5-7-9-21;/h5-11,16,20H,4,12-15,17-18H2,1-3H3,(H2,26,27,28);1H.